The van der Waals surface area contributed by atoms with E-state index in [1.807, 2.05) is 19.1 Å². The first-order valence-electron chi connectivity index (χ1n) is 10.1. The topological polar surface area (TPSA) is 96.5 Å². The van der Waals surface area contributed by atoms with Gasteiger partial charge < -0.3 is 15.4 Å². The molecule has 8 nitrogen and oxygen atoms in total. The standard InChI is InChI=1S/C23H22ClN5O3/c1-15-2-4-18(12-19(15)28-22(30)17-3-5-20(24)27-13-17)29(21-14-26-10-11-32-21)23(31)16-6-8-25-9-7-16/h2-9,12-13,21,26H,10-11,14H2,1H3,(H,28,30). The lowest BCUT2D eigenvalue weighted by atomic mass is 10.1. The van der Waals surface area contributed by atoms with Crippen LogP contribution >= 0.6 is 11.6 Å². The highest BCUT2D eigenvalue weighted by Crippen LogP contribution is 2.27. The molecule has 4 rings (SSSR count). The molecule has 1 unspecified atom stereocenters. The number of benzene rings is 1. The molecular formula is C23H22ClN5O3. The Morgan fingerprint density at radius 2 is 1.97 bits per heavy atom. The largest absolute Gasteiger partial charge is 0.355 e. The number of nitrogens with one attached hydrogen (secondary N) is 2. The Hall–Kier alpha value is -3.33. The van der Waals surface area contributed by atoms with Gasteiger partial charge in [0.2, 0.25) is 0 Å². The van der Waals surface area contributed by atoms with Gasteiger partial charge in [-0.2, -0.15) is 0 Å². The maximum atomic E-state index is 13.4. The second kappa shape index (κ2) is 9.86. The fourth-order valence-electron chi connectivity index (χ4n) is 3.36. The number of anilines is 2. The van der Waals surface area contributed by atoms with Crippen molar-refractivity contribution >= 4 is 34.8 Å². The van der Waals surface area contributed by atoms with Crippen molar-refractivity contribution in [3.05, 3.63) is 82.9 Å². The van der Waals surface area contributed by atoms with E-state index in [4.69, 9.17) is 16.3 Å². The molecule has 0 saturated carbocycles. The number of amides is 2. The van der Waals surface area contributed by atoms with E-state index in [-0.39, 0.29) is 11.8 Å². The minimum atomic E-state index is -0.490. The molecule has 2 amide bonds. The van der Waals surface area contributed by atoms with E-state index in [1.165, 1.54) is 6.20 Å². The fraction of sp³-hybridized carbons (Fsp3) is 0.217. The van der Waals surface area contributed by atoms with Gasteiger partial charge in [-0.15, -0.1) is 0 Å². The van der Waals surface area contributed by atoms with Crippen molar-refractivity contribution in [3.63, 3.8) is 0 Å². The second-order valence-corrected chi connectivity index (χ2v) is 7.65. The highest BCUT2D eigenvalue weighted by Gasteiger charge is 2.29. The molecule has 164 valence electrons. The number of carbonyl (C=O) groups is 2. The molecule has 0 aliphatic carbocycles. The number of carbonyl (C=O) groups excluding carboxylic acids is 2. The van der Waals surface area contributed by atoms with Crippen molar-refractivity contribution in [3.8, 4) is 0 Å². The quantitative estimate of drug-likeness (QED) is 0.578. The summed E-state index contributed by atoms with van der Waals surface area (Å²) in [7, 11) is 0. The van der Waals surface area contributed by atoms with Gasteiger partial charge in [0.25, 0.3) is 11.8 Å². The zero-order valence-electron chi connectivity index (χ0n) is 17.4. The summed E-state index contributed by atoms with van der Waals surface area (Å²) in [6, 6.07) is 12.0. The lowest BCUT2D eigenvalue weighted by Gasteiger charge is -2.35. The van der Waals surface area contributed by atoms with Crippen LogP contribution in [0.2, 0.25) is 5.15 Å². The number of morpholine rings is 1. The Bertz CT molecular complexity index is 1100. The minimum Gasteiger partial charge on any atom is -0.355 e. The van der Waals surface area contributed by atoms with Crippen LogP contribution in [0.3, 0.4) is 0 Å². The van der Waals surface area contributed by atoms with Crippen LogP contribution in [0.15, 0.2) is 61.1 Å². The van der Waals surface area contributed by atoms with Gasteiger partial charge >= 0.3 is 0 Å². The lowest BCUT2D eigenvalue weighted by molar-refractivity contribution is 0.0255. The second-order valence-electron chi connectivity index (χ2n) is 7.26. The molecule has 0 bridgehead atoms. The summed E-state index contributed by atoms with van der Waals surface area (Å²) in [5, 5.41) is 6.46. The van der Waals surface area contributed by atoms with E-state index < -0.39 is 6.23 Å². The Morgan fingerprint density at radius 3 is 2.66 bits per heavy atom. The summed E-state index contributed by atoms with van der Waals surface area (Å²) >= 11 is 5.81. The molecule has 2 aromatic heterocycles. The SMILES string of the molecule is Cc1ccc(N(C(=O)c2ccncc2)C2CNCCO2)cc1NC(=O)c1ccc(Cl)nc1. The summed E-state index contributed by atoms with van der Waals surface area (Å²) in [5.74, 6) is -0.541. The van der Waals surface area contributed by atoms with Crippen LogP contribution in [-0.4, -0.2) is 47.7 Å². The number of rotatable bonds is 5. The monoisotopic (exact) mass is 451 g/mol. The van der Waals surface area contributed by atoms with Gasteiger partial charge in [-0.25, -0.2) is 4.98 Å². The summed E-state index contributed by atoms with van der Waals surface area (Å²) in [6.07, 6.45) is 4.08. The highest BCUT2D eigenvalue weighted by atomic mass is 35.5. The number of pyridine rings is 2. The predicted molar refractivity (Wildman–Crippen MR) is 122 cm³/mol. The molecule has 9 heteroatoms. The highest BCUT2D eigenvalue weighted by molar-refractivity contribution is 6.29. The summed E-state index contributed by atoms with van der Waals surface area (Å²) in [5.41, 5.74) is 2.91. The van der Waals surface area contributed by atoms with Crippen LogP contribution in [0.5, 0.6) is 0 Å². The van der Waals surface area contributed by atoms with Gasteiger partial charge in [0.05, 0.1) is 12.2 Å². The van der Waals surface area contributed by atoms with Gasteiger partial charge in [0.15, 0.2) is 0 Å². The molecular weight excluding hydrogens is 430 g/mol. The molecule has 1 aromatic carbocycles. The van der Waals surface area contributed by atoms with Crippen molar-refractivity contribution in [2.24, 2.45) is 0 Å². The van der Waals surface area contributed by atoms with Gasteiger partial charge in [0.1, 0.15) is 11.4 Å². The molecule has 1 aliphatic heterocycles. The maximum Gasteiger partial charge on any atom is 0.260 e. The number of aryl methyl sites for hydroxylation is 1. The van der Waals surface area contributed by atoms with E-state index in [9.17, 15) is 9.59 Å². The minimum absolute atomic E-state index is 0.218. The van der Waals surface area contributed by atoms with Gasteiger partial charge in [-0.3, -0.25) is 19.5 Å². The molecule has 1 fully saturated rings. The summed E-state index contributed by atoms with van der Waals surface area (Å²) in [4.78, 5) is 35.6. The third-order valence-electron chi connectivity index (χ3n) is 5.08. The Balaban J connectivity index is 1.66. The maximum absolute atomic E-state index is 13.4. The third kappa shape index (κ3) is 4.94. The number of nitrogens with zero attached hydrogens (tertiary/aromatic N) is 3. The van der Waals surface area contributed by atoms with E-state index >= 15 is 0 Å². The van der Waals surface area contributed by atoms with Crippen molar-refractivity contribution in [2.75, 3.05) is 29.9 Å². The first kappa shape index (κ1) is 21.9. The first-order valence-corrected chi connectivity index (χ1v) is 10.5. The van der Waals surface area contributed by atoms with Gasteiger partial charge in [0, 0.05) is 48.6 Å². The zero-order valence-corrected chi connectivity index (χ0v) is 18.2. The number of hydrogen-bond acceptors (Lipinski definition) is 6. The number of ether oxygens (including phenoxy) is 1. The van der Waals surface area contributed by atoms with Gasteiger partial charge in [-0.1, -0.05) is 17.7 Å². The lowest BCUT2D eigenvalue weighted by Crippen LogP contribution is -2.52. The Labute approximate surface area is 190 Å². The fourth-order valence-corrected chi connectivity index (χ4v) is 3.48. The van der Waals surface area contributed by atoms with Crippen molar-refractivity contribution in [2.45, 2.75) is 13.2 Å². The Morgan fingerprint density at radius 1 is 1.16 bits per heavy atom. The molecule has 1 aliphatic rings. The normalized spacial score (nSPS) is 15.8. The van der Waals surface area contributed by atoms with Crippen LogP contribution in [0.4, 0.5) is 11.4 Å². The molecule has 1 saturated heterocycles. The van der Waals surface area contributed by atoms with E-state index in [1.54, 1.807) is 47.6 Å². The van der Waals surface area contributed by atoms with Gasteiger partial charge in [-0.05, 0) is 48.9 Å². The summed E-state index contributed by atoms with van der Waals surface area (Å²) < 4.78 is 5.89. The molecule has 2 N–H and O–H groups in total. The number of hydrogen-bond donors (Lipinski definition) is 2. The molecule has 1 atom stereocenters. The Kier molecular flexibility index (Phi) is 6.75. The van der Waals surface area contributed by atoms with Crippen LogP contribution in [-0.2, 0) is 4.74 Å². The van der Waals surface area contributed by atoms with E-state index in [0.29, 0.717) is 40.8 Å². The molecule has 3 heterocycles. The van der Waals surface area contributed by atoms with Crippen LogP contribution in [0, 0.1) is 6.92 Å². The van der Waals surface area contributed by atoms with Crippen LogP contribution in [0.1, 0.15) is 26.3 Å². The molecule has 32 heavy (non-hydrogen) atoms. The average molecular weight is 452 g/mol. The van der Waals surface area contributed by atoms with Crippen molar-refractivity contribution < 1.29 is 14.3 Å². The van der Waals surface area contributed by atoms with Crippen LogP contribution < -0.4 is 15.5 Å². The average Bonchev–Trinajstić information content (AvgIpc) is 2.83. The number of halogens is 1. The zero-order chi connectivity index (χ0) is 22.5. The first-order chi connectivity index (χ1) is 15.5. The third-order valence-corrected chi connectivity index (χ3v) is 5.30. The van der Waals surface area contributed by atoms with Crippen LogP contribution in [0.25, 0.3) is 0 Å². The molecule has 3 aromatic rings. The summed E-state index contributed by atoms with van der Waals surface area (Å²) in [6.45, 7) is 3.58. The van der Waals surface area contributed by atoms with Crippen molar-refractivity contribution in [1.29, 1.82) is 0 Å². The molecule has 0 spiro atoms. The van der Waals surface area contributed by atoms with E-state index in [2.05, 4.69) is 20.6 Å². The predicted octanol–water partition coefficient (Wildman–Crippen LogP) is 3.28. The van der Waals surface area contributed by atoms with E-state index in [0.717, 1.165) is 12.1 Å². The van der Waals surface area contributed by atoms with Crippen molar-refractivity contribution in [1.82, 2.24) is 15.3 Å². The molecule has 0 radical (unpaired) electrons. The number of aromatic nitrogens is 2. The smallest absolute Gasteiger partial charge is 0.260 e.